The Morgan fingerprint density at radius 2 is 2.06 bits per heavy atom. The zero-order valence-corrected chi connectivity index (χ0v) is 10.7. The van der Waals surface area contributed by atoms with Crippen molar-refractivity contribution in [2.75, 3.05) is 13.1 Å². The van der Waals surface area contributed by atoms with E-state index in [1.54, 1.807) is 6.07 Å². The highest BCUT2D eigenvalue weighted by Crippen LogP contribution is 2.28. The lowest BCUT2D eigenvalue weighted by molar-refractivity contribution is -0.122. The zero-order chi connectivity index (χ0) is 12.3. The molecule has 1 saturated carbocycles. The Hall–Kier alpha value is -1.30. The summed E-state index contributed by atoms with van der Waals surface area (Å²) in [7, 11) is 0. The molecular formula is C11H13BrN2O3. The summed E-state index contributed by atoms with van der Waals surface area (Å²) in [6.45, 7) is 0.867. The monoisotopic (exact) mass is 300 g/mol. The van der Waals surface area contributed by atoms with Crippen LogP contribution in [0, 0.1) is 5.92 Å². The maximum absolute atomic E-state index is 11.6. The van der Waals surface area contributed by atoms with Gasteiger partial charge in [-0.3, -0.25) is 9.59 Å². The number of hydrogen-bond acceptors (Lipinski definition) is 3. The first kappa shape index (κ1) is 12.2. The molecule has 0 bridgehead atoms. The van der Waals surface area contributed by atoms with Crippen LogP contribution in [0.25, 0.3) is 0 Å². The summed E-state index contributed by atoms with van der Waals surface area (Å²) in [6.07, 6.45) is 3.41. The van der Waals surface area contributed by atoms with Crippen LogP contribution >= 0.6 is 15.9 Å². The molecule has 0 aromatic carbocycles. The van der Waals surface area contributed by atoms with Crippen molar-refractivity contribution >= 4 is 27.7 Å². The molecule has 0 radical (unpaired) electrons. The first-order valence-corrected chi connectivity index (χ1v) is 6.26. The second kappa shape index (κ2) is 5.35. The molecular weight excluding hydrogens is 288 g/mol. The molecule has 2 amide bonds. The molecule has 1 fully saturated rings. The van der Waals surface area contributed by atoms with E-state index in [9.17, 15) is 9.59 Å². The molecule has 0 spiro atoms. The van der Waals surface area contributed by atoms with Gasteiger partial charge < -0.3 is 15.1 Å². The van der Waals surface area contributed by atoms with E-state index < -0.39 is 0 Å². The summed E-state index contributed by atoms with van der Waals surface area (Å²) in [5.74, 6) is 0.0729. The number of carbonyl (C=O) groups excluding carboxylic acids is 2. The van der Waals surface area contributed by atoms with Gasteiger partial charge in [-0.1, -0.05) is 0 Å². The Kier molecular flexibility index (Phi) is 3.83. The van der Waals surface area contributed by atoms with Crippen molar-refractivity contribution in [3.8, 4) is 0 Å². The van der Waals surface area contributed by atoms with Gasteiger partial charge in [-0.25, -0.2) is 0 Å². The van der Waals surface area contributed by atoms with Gasteiger partial charge in [0.25, 0.3) is 5.91 Å². The molecule has 0 atom stereocenters. The number of nitrogens with one attached hydrogen (secondary N) is 2. The molecule has 0 unspecified atom stereocenters. The van der Waals surface area contributed by atoms with E-state index in [4.69, 9.17) is 4.42 Å². The Balaban J connectivity index is 1.66. The summed E-state index contributed by atoms with van der Waals surface area (Å²) >= 11 is 3.13. The van der Waals surface area contributed by atoms with Gasteiger partial charge in [0.05, 0.1) is 11.8 Å². The maximum Gasteiger partial charge on any atom is 0.255 e. The van der Waals surface area contributed by atoms with Crippen LogP contribution in [0.5, 0.6) is 0 Å². The molecule has 1 aliphatic carbocycles. The Morgan fingerprint density at radius 3 is 2.65 bits per heavy atom. The van der Waals surface area contributed by atoms with E-state index >= 15 is 0 Å². The fourth-order valence-corrected chi connectivity index (χ4v) is 1.82. The number of halogens is 1. The number of carbonyl (C=O) groups is 2. The normalized spacial score (nSPS) is 14.4. The minimum Gasteiger partial charge on any atom is -0.457 e. The average Bonchev–Trinajstić information content (AvgIpc) is 3.07. The summed E-state index contributed by atoms with van der Waals surface area (Å²) in [5.41, 5.74) is 0.457. The third kappa shape index (κ3) is 3.33. The van der Waals surface area contributed by atoms with Crippen molar-refractivity contribution in [2.45, 2.75) is 12.8 Å². The largest absolute Gasteiger partial charge is 0.457 e. The fourth-order valence-electron chi connectivity index (χ4n) is 1.40. The smallest absolute Gasteiger partial charge is 0.255 e. The molecule has 1 heterocycles. The summed E-state index contributed by atoms with van der Waals surface area (Å²) in [5, 5.41) is 5.47. The first-order chi connectivity index (χ1) is 8.18. The second-order valence-electron chi connectivity index (χ2n) is 3.93. The van der Waals surface area contributed by atoms with Crippen molar-refractivity contribution in [1.82, 2.24) is 10.6 Å². The minimum atomic E-state index is -0.216. The zero-order valence-electron chi connectivity index (χ0n) is 9.16. The molecule has 92 valence electrons. The van der Waals surface area contributed by atoms with Gasteiger partial charge in [0.1, 0.15) is 0 Å². The van der Waals surface area contributed by atoms with E-state index in [0.717, 1.165) is 12.8 Å². The van der Waals surface area contributed by atoms with Gasteiger partial charge in [-0.15, -0.1) is 0 Å². The molecule has 6 heteroatoms. The first-order valence-electron chi connectivity index (χ1n) is 5.47. The number of furan rings is 1. The highest BCUT2D eigenvalue weighted by molar-refractivity contribution is 9.10. The summed E-state index contributed by atoms with van der Waals surface area (Å²) in [6, 6.07) is 1.59. The van der Waals surface area contributed by atoms with Gasteiger partial charge >= 0.3 is 0 Å². The molecule has 0 saturated heterocycles. The van der Waals surface area contributed by atoms with E-state index in [0.29, 0.717) is 23.3 Å². The molecule has 17 heavy (non-hydrogen) atoms. The van der Waals surface area contributed by atoms with Gasteiger partial charge in [0.15, 0.2) is 4.67 Å². The third-order valence-electron chi connectivity index (χ3n) is 2.52. The molecule has 1 aromatic rings. The van der Waals surface area contributed by atoms with Gasteiger partial charge in [0.2, 0.25) is 5.91 Å². The average molecular weight is 301 g/mol. The lowest BCUT2D eigenvalue weighted by Gasteiger charge is -2.05. The lowest BCUT2D eigenvalue weighted by atomic mass is 10.3. The van der Waals surface area contributed by atoms with Crippen LogP contribution in [0.2, 0.25) is 0 Å². The third-order valence-corrected chi connectivity index (χ3v) is 3.13. The Morgan fingerprint density at radius 1 is 1.35 bits per heavy atom. The van der Waals surface area contributed by atoms with Crippen molar-refractivity contribution in [1.29, 1.82) is 0 Å². The van der Waals surface area contributed by atoms with Crippen LogP contribution in [0.15, 0.2) is 21.4 Å². The summed E-state index contributed by atoms with van der Waals surface area (Å²) < 4.78 is 5.37. The molecule has 0 aliphatic heterocycles. The van der Waals surface area contributed by atoms with Crippen LogP contribution < -0.4 is 10.6 Å². The van der Waals surface area contributed by atoms with Crippen LogP contribution in [0.3, 0.4) is 0 Å². The van der Waals surface area contributed by atoms with Gasteiger partial charge in [-0.2, -0.15) is 0 Å². The molecule has 2 rings (SSSR count). The standard InChI is InChI=1S/C11H13BrN2O3/c12-9-8(3-6-17-9)11(16)14-5-4-13-10(15)7-1-2-7/h3,6-7H,1-2,4-5H2,(H,13,15)(H,14,16). The van der Waals surface area contributed by atoms with Crippen LogP contribution in [0.4, 0.5) is 0 Å². The maximum atomic E-state index is 11.6. The van der Waals surface area contributed by atoms with E-state index in [2.05, 4.69) is 26.6 Å². The molecule has 5 nitrogen and oxygen atoms in total. The van der Waals surface area contributed by atoms with Crippen molar-refractivity contribution in [2.24, 2.45) is 5.92 Å². The highest BCUT2D eigenvalue weighted by atomic mass is 79.9. The van der Waals surface area contributed by atoms with Crippen LogP contribution in [-0.2, 0) is 4.79 Å². The quantitative estimate of drug-likeness (QED) is 0.805. The van der Waals surface area contributed by atoms with Crippen LogP contribution in [-0.4, -0.2) is 24.9 Å². The molecule has 1 aromatic heterocycles. The number of hydrogen-bond donors (Lipinski definition) is 2. The van der Waals surface area contributed by atoms with Gasteiger partial charge in [-0.05, 0) is 34.8 Å². The van der Waals surface area contributed by atoms with Crippen molar-refractivity contribution < 1.29 is 14.0 Å². The number of rotatable bonds is 5. The van der Waals surface area contributed by atoms with Gasteiger partial charge in [0, 0.05) is 19.0 Å². The molecule has 1 aliphatic rings. The lowest BCUT2D eigenvalue weighted by Crippen LogP contribution is -2.35. The Labute approximate surface area is 107 Å². The van der Waals surface area contributed by atoms with Crippen molar-refractivity contribution in [3.05, 3.63) is 22.6 Å². The van der Waals surface area contributed by atoms with E-state index in [-0.39, 0.29) is 17.7 Å². The predicted octanol–water partition coefficient (Wildman–Crippen LogP) is 1.30. The van der Waals surface area contributed by atoms with E-state index in [1.165, 1.54) is 6.26 Å². The van der Waals surface area contributed by atoms with E-state index in [1.807, 2.05) is 0 Å². The minimum absolute atomic E-state index is 0.0868. The summed E-state index contributed by atoms with van der Waals surface area (Å²) in [4.78, 5) is 22.9. The topological polar surface area (TPSA) is 71.3 Å². The Bertz CT molecular complexity index is 426. The second-order valence-corrected chi connectivity index (χ2v) is 4.65. The predicted molar refractivity (Wildman–Crippen MR) is 64.5 cm³/mol. The van der Waals surface area contributed by atoms with Crippen molar-refractivity contribution in [3.63, 3.8) is 0 Å². The fraction of sp³-hybridized carbons (Fsp3) is 0.455. The SMILES string of the molecule is O=C(NCCNC(=O)C1CC1)c1ccoc1Br. The number of amides is 2. The molecule has 2 N–H and O–H groups in total. The highest BCUT2D eigenvalue weighted by Gasteiger charge is 2.29. The van der Waals surface area contributed by atoms with Crippen LogP contribution in [0.1, 0.15) is 23.2 Å².